The van der Waals surface area contributed by atoms with Crippen molar-refractivity contribution in [3.63, 3.8) is 0 Å². The van der Waals surface area contributed by atoms with Crippen molar-refractivity contribution in [2.75, 3.05) is 26.2 Å². The van der Waals surface area contributed by atoms with Crippen LogP contribution in [0.1, 0.15) is 30.4 Å². The molecule has 0 saturated carbocycles. The van der Waals surface area contributed by atoms with E-state index >= 15 is 0 Å². The Labute approximate surface area is 161 Å². The van der Waals surface area contributed by atoms with Gasteiger partial charge in [-0.25, -0.2) is 0 Å². The van der Waals surface area contributed by atoms with Gasteiger partial charge < -0.3 is 10.2 Å². The van der Waals surface area contributed by atoms with Crippen molar-refractivity contribution in [3.8, 4) is 0 Å². The average molecular weight is 370 g/mol. The lowest BCUT2D eigenvalue weighted by Gasteiger charge is -2.44. The fourth-order valence-corrected chi connectivity index (χ4v) is 4.45. The van der Waals surface area contributed by atoms with Crippen LogP contribution in [0.25, 0.3) is 0 Å². The monoisotopic (exact) mass is 370 g/mol. The van der Waals surface area contributed by atoms with Gasteiger partial charge in [-0.15, -0.1) is 0 Å². The minimum Gasteiger partial charge on any atom is -0.393 e. The van der Waals surface area contributed by atoms with Gasteiger partial charge in [0.15, 0.2) is 0 Å². The molecule has 0 aliphatic carbocycles. The standard InChI is InChI=1S/C21H30N4O2/c26-19-6-12-24(13-7-19)20-8-11-23(16-21(20)27)14-17-4-1-2-5-18(17)15-25-10-3-9-22-25/h1-5,9-10,19-21,26-27H,6-8,11-16H2/t20-,21-/m1/s1. The van der Waals surface area contributed by atoms with Gasteiger partial charge in [-0.1, -0.05) is 24.3 Å². The lowest BCUT2D eigenvalue weighted by molar-refractivity contribution is -0.0355. The Bertz CT molecular complexity index is 713. The van der Waals surface area contributed by atoms with Gasteiger partial charge in [0, 0.05) is 51.2 Å². The van der Waals surface area contributed by atoms with Gasteiger partial charge in [0.25, 0.3) is 0 Å². The van der Waals surface area contributed by atoms with Gasteiger partial charge in [0.2, 0.25) is 0 Å². The molecular weight excluding hydrogens is 340 g/mol. The van der Waals surface area contributed by atoms with E-state index in [-0.39, 0.29) is 18.2 Å². The number of rotatable bonds is 5. The molecule has 146 valence electrons. The van der Waals surface area contributed by atoms with Crippen molar-refractivity contribution < 1.29 is 10.2 Å². The highest BCUT2D eigenvalue weighted by atomic mass is 16.3. The Balaban J connectivity index is 1.36. The van der Waals surface area contributed by atoms with E-state index in [4.69, 9.17) is 0 Å². The molecule has 0 unspecified atom stereocenters. The third kappa shape index (κ3) is 4.58. The van der Waals surface area contributed by atoms with Crippen LogP contribution >= 0.6 is 0 Å². The van der Waals surface area contributed by atoms with Gasteiger partial charge in [-0.2, -0.15) is 5.10 Å². The number of likely N-dealkylation sites (tertiary alicyclic amines) is 2. The summed E-state index contributed by atoms with van der Waals surface area (Å²) < 4.78 is 1.95. The first-order chi connectivity index (χ1) is 13.2. The number of hydrogen-bond donors (Lipinski definition) is 2. The van der Waals surface area contributed by atoms with Crippen LogP contribution in [0, 0.1) is 0 Å². The van der Waals surface area contributed by atoms with Crippen LogP contribution in [-0.2, 0) is 13.1 Å². The van der Waals surface area contributed by atoms with E-state index < -0.39 is 0 Å². The van der Waals surface area contributed by atoms with E-state index in [0.717, 1.165) is 52.0 Å². The summed E-state index contributed by atoms with van der Waals surface area (Å²) in [6, 6.07) is 10.7. The van der Waals surface area contributed by atoms with Crippen LogP contribution in [0.3, 0.4) is 0 Å². The predicted octanol–water partition coefficient (Wildman–Crippen LogP) is 1.32. The maximum absolute atomic E-state index is 10.8. The molecule has 0 radical (unpaired) electrons. The summed E-state index contributed by atoms with van der Waals surface area (Å²) in [5, 5.41) is 24.8. The molecule has 2 saturated heterocycles. The second kappa shape index (κ2) is 8.52. The van der Waals surface area contributed by atoms with Gasteiger partial charge in [0.1, 0.15) is 0 Å². The fraction of sp³-hybridized carbons (Fsp3) is 0.571. The summed E-state index contributed by atoms with van der Waals surface area (Å²) in [5.41, 5.74) is 2.59. The van der Waals surface area contributed by atoms with Crippen LogP contribution < -0.4 is 0 Å². The van der Waals surface area contributed by atoms with E-state index in [9.17, 15) is 10.2 Å². The number of benzene rings is 1. The SMILES string of the molecule is OC1CCN([C@@H]2CCN(Cc3ccccc3Cn3cccn3)C[C@H]2O)CC1. The lowest BCUT2D eigenvalue weighted by Crippen LogP contribution is -2.55. The topological polar surface area (TPSA) is 64.8 Å². The van der Waals surface area contributed by atoms with Gasteiger partial charge in [0.05, 0.1) is 18.8 Å². The first-order valence-corrected chi connectivity index (χ1v) is 10.1. The lowest BCUT2D eigenvalue weighted by atomic mass is 9.96. The molecule has 1 aromatic carbocycles. The summed E-state index contributed by atoms with van der Waals surface area (Å²) >= 11 is 0. The number of β-amino-alcohol motifs (C(OH)–C–C–N with tert-alkyl or cyclic N) is 1. The first-order valence-electron chi connectivity index (χ1n) is 10.1. The highest BCUT2D eigenvalue weighted by Gasteiger charge is 2.33. The number of aliphatic hydroxyl groups is 2. The molecule has 27 heavy (non-hydrogen) atoms. The van der Waals surface area contributed by atoms with Gasteiger partial charge in [-0.3, -0.25) is 14.5 Å². The fourth-order valence-electron chi connectivity index (χ4n) is 4.45. The van der Waals surface area contributed by atoms with Crippen molar-refractivity contribution in [3.05, 3.63) is 53.9 Å². The molecule has 2 aliphatic rings. The van der Waals surface area contributed by atoms with Crippen molar-refractivity contribution in [2.24, 2.45) is 0 Å². The van der Waals surface area contributed by atoms with Crippen LogP contribution in [0.15, 0.2) is 42.7 Å². The molecule has 2 aliphatic heterocycles. The minimum absolute atomic E-state index is 0.162. The van der Waals surface area contributed by atoms with E-state index in [1.54, 1.807) is 0 Å². The maximum atomic E-state index is 10.8. The number of hydrogen-bond acceptors (Lipinski definition) is 5. The summed E-state index contributed by atoms with van der Waals surface area (Å²) in [4.78, 5) is 4.74. The van der Waals surface area contributed by atoms with Gasteiger partial charge >= 0.3 is 0 Å². The molecule has 0 amide bonds. The maximum Gasteiger partial charge on any atom is 0.0822 e. The highest BCUT2D eigenvalue weighted by Crippen LogP contribution is 2.23. The Morgan fingerprint density at radius 1 is 0.926 bits per heavy atom. The Morgan fingerprint density at radius 3 is 2.33 bits per heavy atom. The van der Waals surface area contributed by atoms with E-state index in [0.29, 0.717) is 6.54 Å². The minimum atomic E-state index is -0.327. The molecule has 6 nitrogen and oxygen atoms in total. The van der Waals surface area contributed by atoms with Crippen molar-refractivity contribution >= 4 is 0 Å². The normalized spacial score (nSPS) is 25.7. The highest BCUT2D eigenvalue weighted by molar-refractivity contribution is 5.27. The van der Waals surface area contributed by atoms with E-state index in [1.807, 2.05) is 23.1 Å². The molecule has 0 spiro atoms. The molecule has 1 aromatic heterocycles. The second-order valence-electron chi connectivity index (χ2n) is 7.90. The molecule has 2 fully saturated rings. The van der Waals surface area contributed by atoms with E-state index in [2.05, 4.69) is 39.2 Å². The van der Waals surface area contributed by atoms with Crippen LogP contribution in [0.2, 0.25) is 0 Å². The predicted molar refractivity (Wildman–Crippen MR) is 104 cm³/mol. The molecular formula is C21H30N4O2. The van der Waals surface area contributed by atoms with Crippen LogP contribution in [-0.4, -0.2) is 74.2 Å². The Morgan fingerprint density at radius 2 is 1.67 bits per heavy atom. The van der Waals surface area contributed by atoms with Crippen molar-refractivity contribution in [1.82, 2.24) is 19.6 Å². The third-order valence-electron chi connectivity index (χ3n) is 6.00. The molecule has 6 heteroatoms. The molecule has 2 aromatic rings. The Hall–Kier alpha value is -1.73. The van der Waals surface area contributed by atoms with Crippen molar-refractivity contribution in [2.45, 2.75) is 50.6 Å². The average Bonchev–Trinajstić information content (AvgIpc) is 3.18. The first kappa shape index (κ1) is 18.6. The quantitative estimate of drug-likeness (QED) is 0.831. The number of aromatic nitrogens is 2. The summed E-state index contributed by atoms with van der Waals surface area (Å²) in [7, 11) is 0. The van der Waals surface area contributed by atoms with Crippen LogP contribution in [0.5, 0.6) is 0 Å². The molecule has 4 rings (SSSR count). The zero-order valence-electron chi connectivity index (χ0n) is 15.8. The number of piperidine rings is 2. The molecule has 0 bridgehead atoms. The third-order valence-corrected chi connectivity index (χ3v) is 6.00. The molecule has 3 heterocycles. The van der Waals surface area contributed by atoms with E-state index in [1.165, 1.54) is 11.1 Å². The zero-order valence-corrected chi connectivity index (χ0v) is 15.8. The summed E-state index contributed by atoms with van der Waals surface area (Å²) in [5.74, 6) is 0. The zero-order chi connectivity index (χ0) is 18.6. The molecule has 2 N–H and O–H groups in total. The summed E-state index contributed by atoms with van der Waals surface area (Å²) in [6.07, 6.45) is 5.95. The molecule has 2 atom stereocenters. The largest absolute Gasteiger partial charge is 0.393 e. The van der Waals surface area contributed by atoms with Gasteiger partial charge in [-0.05, 0) is 36.5 Å². The smallest absolute Gasteiger partial charge is 0.0822 e. The van der Waals surface area contributed by atoms with Crippen LogP contribution in [0.4, 0.5) is 0 Å². The number of nitrogens with zero attached hydrogens (tertiary/aromatic N) is 4. The number of aliphatic hydroxyl groups excluding tert-OH is 2. The summed E-state index contributed by atoms with van der Waals surface area (Å²) in [6.45, 7) is 5.14. The Kier molecular flexibility index (Phi) is 5.88. The second-order valence-corrected chi connectivity index (χ2v) is 7.90. The van der Waals surface area contributed by atoms with Crippen molar-refractivity contribution in [1.29, 1.82) is 0 Å².